The van der Waals surface area contributed by atoms with Crippen LogP contribution in [0.2, 0.25) is 0 Å². The van der Waals surface area contributed by atoms with Crippen molar-refractivity contribution in [1.82, 2.24) is 10.2 Å². The normalized spacial score (nSPS) is 15.1. The number of methoxy groups -OCH3 is 2. The van der Waals surface area contributed by atoms with Gasteiger partial charge in [0.15, 0.2) is 0 Å². The van der Waals surface area contributed by atoms with Crippen LogP contribution in [0.4, 0.5) is 5.69 Å². The molecular weight excluding hydrogens is 422 g/mol. The van der Waals surface area contributed by atoms with Gasteiger partial charge >= 0.3 is 0 Å². The smallest absolute Gasteiger partial charge is 0.238 e. The Hall–Kier alpha value is -3.10. The Kier molecular flexibility index (Phi) is 7.47. The molecule has 2 aromatic carbocycles. The minimum atomic E-state index is -0.119. The number of amides is 2. The van der Waals surface area contributed by atoms with Crippen molar-refractivity contribution in [3.8, 4) is 5.75 Å². The molecule has 0 unspecified atom stereocenters. The lowest BCUT2D eigenvalue weighted by Gasteiger charge is -2.30. The van der Waals surface area contributed by atoms with Crippen LogP contribution in [-0.2, 0) is 14.3 Å². The number of likely N-dealkylation sites (tertiary alicyclic amines) is 1. The molecule has 1 aliphatic heterocycles. The monoisotopic (exact) mass is 453 g/mol. The van der Waals surface area contributed by atoms with E-state index in [2.05, 4.69) is 15.5 Å². The average Bonchev–Trinajstić information content (AvgIpc) is 3.19. The third kappa shape index (κ3) is 5.46. The lowest BCUT2D eigenvalue weighted by molar-refractivity contribution is -0.126. The molecule has 0 bridgehead atoms. The molecule has 1 saturated heterocycles. The van der Waals surface area contributed by atoms with Gasteiger partial charge in [-0.05, 0) is 44.5 Å². The lowest BCUT2D eigenvalue weighted by Crippen LogP contribution is -2.43. The number of rotatable bonds is 9. The largest absolute Gasteiger partial charge is 0.495 e. The molecule has 2 heterocycles. The van der Waals surface area contributed by atoms with E-state index in [1.54, 1.807) is 14.2 Å². The quantitative estimate of drug-likeness (QED) is 0.483. The Morgan fingerprint density at radius 3 is 2.64 bits per heavy atom. The SMILES string of the molecule is COCCCNC(=O)C1CCN(CC(=O)Nc2cc3oc4ccccc4c3cc2OC)CC1. The highest BCUT2D eigenvalue weighted by Gasteiger charge is 2.26. The van der Waals surface area contributed by atoms with Crippen LogP contribution in [0.3, 0.4) is 0 Å². The zero-order chi connectivity index (χ0) is 23.2. The number of anilines is 1. The van der Waals surface area contributed by atoms with Gasteiger partial charge in [0.05, 0.1) is 19.3 Å². The molecule has 0 saturated carbocycles. The van der Waals surface area contributed by atoms with Crippen molar-refractivity contribution in [2.45, 2.75) is 19.3 Å². The minimum absolute atomic E-state index is 0.00226. The van der Waals surface area contributed by atoms with Crippen molar-refractivity contribution < 1.29 is 23.5 Å². The first-order valence-corrected chi connectivity index (χ1v) is 11.4. The first kappa shape index (κ1) is 23.1. The maximum absolute atomic E-state index is 12.7. The van der Waals surface area contributed by atoms with Crippen LogP contribution in [0.1, 0.15) is 19.3 Å². The molecule has 8 heteroatoms. The molecule has 2 N–H and O–H groups in total. The molecule has 0 aliphatic carbocycles. The van der Waals surface area contributed by atoms with E-state index in [4.69, 9.17) is 13.9 Å². The molecule has 1 aromatic heterocycles. The number of ether oxygens (including phenoxy) is 2. The number of carbonyl (C=O) groups is 2. The van der Waals surface area contributed by atoms with E-state index in [0.29, 0.717) is 43.3 Å². The number of furan rings is 1. The summed E-state index contributed by atoms with van der Waals surface area (Å²) in [6.45, 7) is 2.96. The summed E-state index contributed by atoms with van der Waals surface area (Å²) in [7, 11) is 3.24. The highest BCUT2D eigenvalue weighted by molar-refractivity contribution is 6.07. The Bertz CT molecular complexity index is 1120. The van der Waals surface area contributed by atoms with E-state index in [1.807, 2.05) is 36.4 Å². The molecule has 1 fully saturated rings. The average molecular weight is 454 g/mol. The second-order valence-electron chi connectivity index (χ2n) is 8.38. The molecule has 33 heavy (non-hydrogen) atoms. The number of carbonyl (C=O) groups excluding carboxylic acids is 2. The summed E-state index contributed by atoms with van der Waals surface area (Å²) in [5, 5.41) is 7.89. The van der Waals surface area contributed by atoms with Gasteiger partial charge in [0, 0.05) is 43.0 Å². The van der Waals surface area contributed by atoms with Crippen LogP contribution in [0.5, 0.6) is 5.75 Å². The molecule has 0 radical (unpaired) electrons. The van der Waals surface area contributed by atoms with E-state index in [-0.39, 0.29) is 24.3 Å². The number of para-hydroxylation sites is 1. The van der Waals surface area contributed by atoms with Crippen LogP contribution >= 0.6 is 0 Å². The fourth-order valence-electron chi connectivity index (χ4n) is 4.34. The highest BCUT2D eigenvalue weighted by atomic mass is 16.5. The molecule has 0 spiro atoms. The number of fused-ring (bicyclic) bond motifs is 3. The Labute approximate surface area is 193 Å². The van der Waals surface area contributed by atoms with E-state index in [1.165, 1.54) is 0 Å². The maximum atomic E-state index is 12.7. The topological polar surface area (TPSA) is 93.0 Å². The molecule has 8 nitrogen and oxygen atoms in total. The Balaban J connectivity index is 1.33. The zero-order valence-electron chi connectivity index (χ0n) is 19.2. The second-order valence-corrected chi connectivity index (χ2v) is 8.38. The Morgan fingerprint density at radius 1 is 1.09 bits per heavy atom. The van der Waals surface area contributed by atoms with Crippen molar-refractivity contribution >= 4 is 39.4 Å². The van der Waals surface area contributed by atoms with Gasteiger partial charge in [0.25, 0.3) is 0 Å². The number of nitrogens with zero attached hydrogens (tertiary/aromatic N) is 1. The second kappa shape index (κ2) is 10.7. The molecular formula is C25H31N3O5. The van der Waals surface area contributed by atoms with Gasteiger partial charge in [-0.25, -0.2) is 0 Å². The highest BCUT2D eigenvalue weighted by Crippen LogP contribution is 2.36. The molecule has 2 amide bonds. The number of piperidine rings is 1. The minimum Gasteiger partial charge on any atom is -0.495 e. The third-order valence-electron chi connectivity index (χ3n) is 6.12. The van der Waals surface area contributed by atoms with Gasteiger partial charge in [0.1, 0.15) is 16.9 Å². The van der Waals surface area contributed by atoms with Gasteiger partial charge < -0.3 is 24.5 Å². The van der Waals surface area contributed by atoms with Gasteiger partial charge in [-0.2, -0.15) is 0 Å². The van der Waals surface area contributed by atoms with Crippen molar-refractivity contribution in [1.29, 1.82) is 0 Å². The van der Waals surface area contributed by atoms with Gasteiger partial charge in [-0.15, -0.1) is 0 Å². The summed E-state index contributed by atoms with van der Waals surface area (Å²) in [4.78, 5) is 27.1. The Morgan fingerprint density at radius 2 is 1.88 bits per heavy atom. The number of nitrogens with one attached hydrogen (secondary N) is 2. The van der Waals surface area contributed by atoms with Crippen LogP contribution < -0.4 is 15.4 Å². The number of benzene rings is 2. The van der Waals surface area contributed by atoms with Crippen LogP contribution in [-0.4, -0.2) is 63.7 Å². The standard InChI is InChI=1S/C25H31N3O5/c1-31-13-5-10-26-25(30)17-8-11-28(12-9-17)16-24(29)27-20-15-22-19(14-23(20)32-2)18-6-3-4-7-21(18)33-22/h3-4,6-7,14-15,17H,5,8-13,16H2,1-2H3,(H,26,30)(H,27,29). The maximum Gasteiger partial charge on any atom is 0.238 e. The van der Waals surface area contributed by atoms with Gasteiger partial charge in [-0.3, -0.25) is 14.5 Å². The fraction of sp³-hybridized carbons (Fsp3) is 0.440. The fourth-order valence-corrected chi connectivity index (χ4v) is 4.34. The van der Waals surface area contributed by atoms with Gasteiger partial charge in [0.2, 0.25) is 11.8 Å². The zero-order valence-corrected chi connectivity index (χ0v) is 19.2. The summed E-state index contributed by atoms with van der Waals surface area (Å²) in [5.41, 5.74) is 2.08. The van der Waals surface area contributed by atoms with Crippen molar-refractivity contribution in [2.75, 3.05) is 52.3 Å². The molecule has 0 atom stereocenters. The van der Waals surface area contributed by atoms with E-state index >= 15 is 0 Å². The summed E-state index contributed by atoms with van der Waals surface area (Å²) >= 11 is 0. The first-order valence-electron chi connectivity index (χ1n) is 11.4. The summed E-state index contributed by atoms with van der Waals surface area (Å²) < 4.78 is 16.5. The predicted octanol–water partition coefficient (Wildman–Crippen LogP) is 3.40. The molecule has 176 valence electrons. The number of hydrogen-bond donors (Lipinski definition) is 2. The van der Waals surface area contributed by atoms with Crippen LogP contribution in [0.15, 0.2) is 40.8 Å². The summed E-state index contributed by atoms with van der Waals surface area (Å²) in [5.74, 6) is 0.569. The lowest BCUT2D eigenvalue weighted by atomic mass is 9.96. The van der Waals surface area contributed by atoms with Crippen molar-refractivity contribution in [2.24, 2.45) is 5.92 Å². The first-order chi connectivity index (χ1) is 16.1. The van der Waals surface area contributed by atoms with E-state index < -0.39 is 0 Å². The summed E-state index contributed by atoms with van der Waals surface area (Å²) in [6.07, 6.45) is 2.31. The number of hydrogen-bond acceptors (Lipinski definition) is 6. The summed E-state index contributed by atoms with van der Waals surface area (Å²) in [6, 6.07) is 11.5. The van der Waals surface area contributed by atoms with Gasteiger partial charge in [-0.1, -0.05) is 18.2 Å². The predicted molar refractivity (Wildman–Crippen MR) is 128 cm³/mol. The third-order valence-corrected chi connectivity index (χ3v) is 6.12. The van der Waals surface area contributed by atoms with Crippen molar-refractivity contribution in [3.63, 3.8) is 0 Å². The van der Waals surface area contributed by atoms with Crippen LogP contribution in [0.25, 0.3) is 21.9 Å². The molecule has 4 rings (SSSR count). The molecule has 3 aromatic rings. The van der Waals surface area contributed by atoms with E-state index in [0.717, 1.165) is 35.6 Å². The molecule has 1 aliphatic rings. The van der Waals surface area contributed by atoms with Crippen LogP contribution in [0, 0.1) is 5.92 Å². The van der Waals surface area contributed by atoms with Crippen molar-refractivity contribution in [3.05, 3.63) is 36.4 Å². The van der Waals surface area contributed by atoms with E-state index in [9.17, 15) is 9.59 Å².